The largest absolute Gasteiger partial charge is 0.456 e. The normalized spacial score (nSPS) is 12.3. The number of hydrogen-bond donors (Lipinski definition) is 1. The van der Waals surface area contributed by atoms with Crippen LogP contribution in [0.15, 0.2) is 97.1 Å². The molecule has 1 aliphatic carbocycles. The molecule has 0 fully saturated rings. The Labute approximate surface area is 195 Å². The number of halogens is 1. The van der Waals surface area contributed by atoms with E-state index in [9.17, 15) is 0 Å². The highest BCUT2D eigenvalue weighted by molar-refractivity contribution is 6.32. The van der Waals surface area contributed by atoms with E-state index in [2.05, 4.69) is 76.3 Å². The van der Waals surface area contributed by atoms with Crippen molar-refractivity contribution in [3.8, 4) is 28.3 Å². The Balaban J connectivity index is 1.45. The Kier molecular flexibility index (Phi) is 3.96. The van der Waals surface area contributed by atoms with Crippen molar-refractivity contribution in [1.29, 1.82) is 0 Å². The Bertz CT molecular complexity index is 1680. The van der Waals surface area contributed by atoms with Crippen molar-refractivity contribution in [3.05, 3.63) is 113 Å². The average Bonchev–Trinajstić information content (AvgIpc) is 3.47. The molecule has 0 saturated heterocycles. The quantitative estimate of drug-likeness (QED) is 0.291. The number of para-hydroxylation sites is 3. The van der Waals surface area contributed by atoms with E-state index in [0.29, 0.717) is 10.8 Å². The molecule has 6 aromatic rings. The predicted octanol–water partition coefficient (Wildman–Crippen LogP) is 8.13. The van der Waals surface area contributed by atoms with Crippen LogP contribution in [0.5, 0.6) is 11.5 Å². The molecular weight excluding hydrogens is 428 g/mol. The average molecular weight is 447 g/mol. The van der Waals surface area contributed by atoms with E-state index in [0.717, 1.165) is 17.7 Å². The second kappa shape index (κ2) is 7.03. The molecule has 1 N–H and O–H groups in total. The molecule has 1 aliphatic rings. The van der Waals surface area contributed by atoms with Crippen LogP contribution < -0.4 is 4.74 Å². The first kappa shape index (κ1) is 18.6. The zero-order valence-electron chi connectivity index (χ0n) is 17.7. The van der Waals surface area contributed by atoms with Gasteiger partial charge in [-0.2, -0.15) is 0 Å². The molecule has 7 rings (SSSR count). The maximum absolute atomic E-state index is 6.32. The van der Waals surface area contributed by atoms with E-state index < -0.39 is 0 Å². The lowest BCUT2D eigenvalue weighted by molar-refractivity contribution is 0.483. The van der Waals surface area contributed by atoms with Gasteiger partial charge >= 0.3 is 0 Å². The molecule has 0 unspecified atom stereocenters. The Morgan fingerprint density at radius 2 is 1.55 bits per heavy atom. The number of H-pyrrole nitrogens is 1. The second-order valence-corrected chi connectivity index (χ2v) is 8.81. The molecular formula is C29H19ClN2O. The molecule has 0 bridgehead atoms. The first-order valence-electron chi connectivity index (χ1n) is 11.0. The summed E-state index contributed by atoms with van der Waals surface area (Å²) in [7, 11) is 0. The minimum absolute atomic E-state index is 0.602. The number of aromatic amines is 1. The van der Waals surface area contributed by atoms with Gasteiger partial charge in [-0.1, -0.05) is 60.1 Å². The summed E-state index contributed by atoms with van der Waals surface area (Å²) in [4.78, 5) is 3.66. The summed E-state index contributed by atoms with van der Waals surface area (Å²) < 4.78 is 8.54. The lowest BCUT2D eigenvalue weighted by Gasteiger charge is -2.09. The van der Waals surface area contributed by atoms with Crippen LogP contribution in [0.3, 0.4) is 0 Å². The van der Waals surface area contributed by atoms with Crippen molar-refractivity contribution in [2.45, 2.75) is 6.42 Å². The Morgan fingerprint density at radius 1 is 0.758 bits per heavy atom. The minimum atomic E-state index is 0.602. The molecule has 3 nitrogen and oxygen atoms in total. The third kappa shape index (κ3) is 2.76. The standard InChI is InChI=1S/C29H19ClN2O/c30-22-11-5-7-13-27(22)33-19-14-15-23-21(16-19)28-24(31-23)17-26-29(28)20-10-4-6-12-25(20)32(26)18-8-2-1-3-9-18/h1-16,31H,17H2. The fourth-order valence-electron chi connectivity index (χ4n) is 5.14. The predicted molar refractivity (Wildman–Crippen MR) is 135 cm³/mol. The van der Waals surface area contributed by atoms with Gasteiger partial charge in [0.25, 0.3) is 0 Å². The van der Waals surface area contributed by atoms with Crippen LogP contribution in [0, 0.1) is 0 Å². The summed E-state index contributed by atoms with van der Waals surface area (Å²) in [5, 5.41) is 3.04. The van der Waals surface area contributed by atoms with Gasteiger partial charge in [0.15, 0.2) is 0 Å². The summed E-state index contributed by atoms with van der Waals surface area (Å²) in [6.45, 7) is 0. The molecule has 4 aromatic carbocycles. The van der Waals surface area contributed by atoms with Crippen molar-refractivity contribution in [1.82, 2.24) is 9.55 Å². The number of fused-ring (bicyclic) bond motifs is 7. The van der Waals surface area contributed by atoms with E-state index in [1.54, 1.807) is 0 Å². The molecule has 2 heterocycles. The number of aromatic nitrogens is 2. The smallest absolute Gasteiger partial charge is 0.146 e. The Hall–Kier alpha value is -3.95. The van der Waals surface area contributed by atoms with E-state index in [4.69, 9.17) is 16.3 Å². The van der Waals surface area contributed by atoms with Crippen LogP contribution in [0.4, 0.5) is 0 Å². The number of hydrogen-bond acceptors (Lipinski definition) is 1. The molecule has 0 aliphatic heterocycles. The van der Waals surface area contributed by atoms with Crippen molar-refractivity contribution in [3.63, 3.8) is 0 Å². The highest BCUT2D eigenvalue weighted by Gasteiger charge is 2.30. The van der Waals surface area contributed by atoms with Crippen LogP contribution in [0.2, 0.25) is 5.02 Å². The van der Waals surface area contributed by atoms with E-state index in [1.165, 1.54) is 44.5 Å². The van der Waals surface area contributed by atoms with Gasteiger partial charge in [-0.3, -0.25) is 0 Å². The van der Waals surface area contributed by atoms with Crippen molar-refractivity contribution >= 4 is 33.4 Å². The van der Waals surface area contributed by atoms with Gasteiger partial charge in [0.2, 0.25) is 0 Å². The summed E-state index contributed by atoms with van der Waals surface area (Å²) in [5.74, 6) is 1.43. The zero-order valence-corrected chi connectivity index (χ0v) is 18.4. The third-order valence-electron chi connectivity index (χ3n) is 6.49. The van der Waals surface area contributed by atoms with Crippen LogP contribution in [0.25, 0.3) is 38.6 Å². The minimum Gasteiger partial charge on any atom is -0.456 e. The molecule has 158 valence electrons. The molecule has 0 radical (unpaired) electrons. The number of benzene rings is 4. The summed E-state index contributed by atoms with van der Waals surface area (Å²) in [6, 6.07) is 33.0. The second-order valence-electron chi connectivity index (χ2n) is 8.41. The molecule has 0 amide bonds. The van der Waals surface area contributed by atoms with Gasteiger partial charge in [-0.05, 0) is 48.5 Å². The summed E-state index contributed by atoms with van der Waals surface area (Å²) in [5.41, 5.74) is 8.70. The number of nitrogens with zero attached hydrogens (tertiary/aromatic N) is 1. The van der Waals surface area contributed by atoms with Crippen molar-refractivity contribution in [2.24, 2.45) is 0 Å². The molecule has 33 heavy (non-hydrogen) atoms. The van der Waals surface area contributed by atoms with E-state index in [-0.39, 0.29) is 0 Å². The summed E-state index contributed by atoms with van der Waals surface area (Å²) >= 11 is 6.32. The van der Waals surface area contributed by atoms with E-state index in [1.807, 2.05) is 30.3 Å². The van der Waals surface area contributed by atoms with Crippen LogP contribution >= 0.6 is 11.6 Å². The first-order chi connectivity index (χ1) is 16.3. The summed E-state index contributed by atoms with van der Waals surface area (Å²) in [6.07, 6.45) is 0.865. The Morgan fingerprint density at radius 3 is 2.42 bits per heavy atom. The SMILES string of the molecule is Clc1ccccc1Oc1ccc2[nH]c3c(c2c1)-c1c(n(-c2ccccc2)c2ccccc12)C3. The van der Waals surface area contributed by atoms with Crippen LogP contribution in [0.1, 0.15) is 11.4 Å². The van der Waals surface area contributed by atoms with Gasteiger partial charge in [-0.15, -0.1) is 0 Å². The highest BCUT2D eigenvalue weighted by Crippen LogP contribution is 2.48. The lowest BCUT2D eigenvalue weighted by Crippen LogP contribution is -1.99. The molecule has 0 spiro atoms. The molecule has 0 saturated carbocycles. The number of rotatable bonds is 3. The first-order valence-corrected chi connectivity index (χ1v) is 11.4. The van der Waals surface area contributed by atoms with Crippen LogP contribution in [-0.2, 0) is 6.42 Å². The molecule has 4 heteroatoms. The molecule has 0 atom stereocenters. The fourth-order valence-corrected chi connectivity index (χ4v) is 5.32. The fraction of sp³-hybridized carbons (Fsp3) is 0.0345. The van der Waals surface area contributed by atoms with Gasteiger partial charge < -0.3 is 14.3 Å². The lowest BCUT2D eigenvalue weighted by atomic mass is 10.0. The number of nitrogens with one attached hydrogen (secondary N) is 1. The van der Waals surface area contributed by atoms with Gasteiger partial charge in [0, 0.05) is 50.9 Å². The maximum Gasteiger partial charge on any atom is 0.146 e. The van der Waals surface area contributed by atoms with Gasteiger partial charge in [0.05, 0.1) is 10.5 Å². The van der Waals surface area contributed by atoms with Gasteiger partial charge in [0.1, 0.15) is 11.5 Å². The van der Waals surface area contributed by atoms with Crippen LogP contribution in [-0.4, -0.2) is 9.55 Å². The van der Waals surface area contributed by atoms with Crippen molar-refractivity contribution in [2.75, 3.05) is 0 Å². The highest BCUT2D eigenvalue weighted by atomic mass is 35.5. The topological polar surface area (TPSA) is 29.9 Å². The third-order valence-corrected chi connectivity index (χ3v) is 6.81. The monoisotopic (exact) mass is 446 g/mol. The van der Waals surface area contributed by atoms with Gasteiger partial charge in [-0.25, -0.2) is 0 Å². The molecule has 2 aromatic heterocycles. The van der Waals surface area contributed by atoms with E-state index >= 15 is 0 Å². The maximum atomic E-state index is 6.32. The zero-order chi connectivity index (χ0) is 21.9. The number of ether oxygens (including phenoxy) is 1. The van der Waals surface area contributed by atoms with Crippen molar-refractivity contribution < 1.29 is 4.74 Å².